The van der Waals surface area contributed by atoms with Crippen LogP contribution >= 0.6 is 0 Å². The number of hydrogen-bond donors (Lipinski definition) is 2. The third-order valence-corrected chi connectivity index (χ3v) is 2.62. The van der Waals surface area contributed by atoms with E-state index in [2.05, 4.69) is 0 Å². The first-order chi connectivity index (χ1) is 5.02. The van der Waals surface area contributed by atoms with Crippen molar-refractivity contribution in [1.82, 2.24) is 0 Å². The van der Waals surface area contributed by atoms with E-state index in [1.54, 1.807) is 0 Å². The Morgan fingerprint density at radius 3 is 2.45 bits per heavy atom. The molecule has 1 atom stereocenters. The summed E-state index contributed by atoms with van der Waals surface area (Å²) in [5.41, 5.74) is 4.55. The van der Waals surface area contributed by atoms with Gasteiger partial charge in [-0.3, -0.25) is 0 Å². The highest BCUT2D eigenvalue weighted by Gasteiger charge is 2.47. The fraction of sp³-hybridized carbons (Fsp3) is 1.00. The second kappa shape index (κ2) is 2.73. The van der Waals surface area contributed by atoms with Crippen molar-refractivity contribution in [2.24, 2.45) is 11.1 Å². The van der Waals surface area contributed by atoms with Crippen LogP contribution in [0.3, 0.4) is 0 Å². The Morgan fingerprint density at radius 1 is 1.45 bits per heavy atom. The fourth-order valence-corrected chi connectivity index (χ4v) is 1.45. The van der Waals surface area contributed by atoms with Crippen LogP contribution in [0.4, 0.5) is 0 Å². The van der Waals surface area contributed by atoms with Crippen molar-refractivity contribution in [3.05, 3.63) is 0 Å². The average molecular weight is 159 g/mol. The van der Waals surface area contributed by atoms with Gasteiger partial charge in [-0.05, 0) is 13.0 Å². The maximum Gasteiger partial charge on any atom is 0.0964 e. The first-order valence-electron chi connectivity index (χ1n) is 4.02. The molecule has 1 unspecified atom stereocenters. The van der Waals surface area contributed by atoms with Crippen LogP contribution in [0.1, 0.15) is 20.3 Å². The van der Waals surface area contributed by atoms with Crippen LogP contribution in [0, 0.1) is 5.41 Å². The minimum atomic E-state index is -0.707. The van der Waals surface area contributed by atoms with Crippen molar-refractivity contribution in [2.45, 2.75) is 25.9 Å². The normalized spacial score (nSPS) is 36.0. The van der Waals surface area contributed by atoms with Gasteiger partial charge in [0.1, 0.15) is 0 Å². The number of ether oxygens (including phenoxy) is 1. The molecular weight excluding hydrogens is 142 g/mol. The van der Waals surface area contributed by atoms with Crippen LogP contribution in [0.2, 0.25) is 0 Å². The van der Waals surface area contributed by atoms with Crippen LogP contribution in [0.15, 0.2) is 0 Å². The molecule has 1 heterocycles. The lowest BCUT2D eigenvalue weighted by Gasteiger charge is -2.33. The van der Waals surface area contributed by atoms with Gasteiger partial charge in [0.2, 0.25) is 0 Å². The molecule has 0 aromatic carbocycles. The first kappa shape index (κ1) is 8.97. The number of hydrogen-bond acceptors (Lipinski definition) is 3. The molecule has 0 saturated carbocycles. The highest BCUT2D eigenvalue weighted by atomic mass is 16.5. The van der Waals surface area contributed by atoms with Gasteiger partial charge in [0.25, 0.3) is 0 Å². The molecule has 0 spiro atoms. The van der Waals surface area contributed by atoms with Crippen LogP contribution in [0.5, 0.6) is 0 Å². The summed E-state index contributed by atoms with van der Waals surface area (Å²) in [7, 11) is 0. The Kier molecular flexibility index (Phi) is 2.23. The SMILES string of the molecule is CC1(C)COCC1(O)CCN. The summed E-state index contributed by atoms with van der Waals surface area (Å²) in [6.07, 6.45) is 0.625. The molecule has 11 heavy (non-hydrogen) atoms. The Bertz CT molecular complexity index is 147. The summed E-state index contributed by atoms with van der Waals surface area (Å²) in [6.45, 7) is 5.59. The van der Waals surface area contributed by atoms with Gasteiger partial charge in [0.15, 0.2) is 0 Å². The zero-order valence-corrected chi connectivity index (χ0v) is 7.26. The minimum Gasteiger partial charge on any atom is -0.387 e. The van der Waals surface area contributed by atoms with Gasteiger partial charge in [0, 0.05) is 5.41 Å². The molecule has 1 rings (SSSR count). The molecule has 3 heteroatoms. The quantitative estimate of drug-likeness (QED) is 0.602. The lowest BCUT2D eigenvalue weighted by Crippen LogP contribution is -2.45. The monoisotopic (exact) mass is 159 g/mol. The summed E-state index contributed by atoms with van der Waals surface area (Å²) in [5, 5.41) is 10.0. The van der Waals surface area contributed by atoms with Crippen molar-refractivity contribution in [1.29, 1.82) is 0 Å². The zero-order valence-electron chi connectivity index (χ0n) is 7.26. The van der Waals surface area contributed by atoms with E-state index in [-0.39, 0.29) is 5.41 Å². The maximum atomic E-state index is 10.0. The fourth-order valence-electron chi connectivity index (χ4n) is 1.45. The number of rotatable bonds is 2. The molecule has 1 saturated heterocycles. The summed E-state index contributed by atoms with van der Waals surface area (Å²) in [6, 6.07) is 0. The molecule has 0 amide bonds. The molecule has 1 fully saturated rings. The predicted molar refractivity (Wildman–Crippen MR) is 43.2 cm³/mol. The van der Waals surface area contributed by atoms with Gasteiger partial charge >= 0.3 is 0 Å². The van der Waals surface area contributed by atoms with E-state index in [4.69, 9.17) is 10.5 Å². The van der Waals surface area contributed by atoms with Crippen molar-refractivity contribution in [3.63, 3.8) is 0 Å². The Labute approximate surface area is 67.5 Å². The first-order valence-corrected chi connectivity index (χ1v) is 4.02. The second-order valence-electron chi connectivity index (χ2n) is 3.95. The van der Waals surface area contributed by atoms with E-state index in [9.17, 15) is 5.11 Å². The Hall–Kier alpha value is -0.120. The lowest BCUT2D eigenvalue weighted by atomic mass is 9.76. The molecule has 66 valence electrons. The summed E-state index contributed by atoms with van der Waals surface area (Å²) in [4.78, 5) is 0. The number of aliphatic hydroxyl groups is 1. The van der Waals surface area contributed by atoms with Crippen molar-refractivity contribution in [3.8, 4) is 0 Å². The second-order valence-corrected chi connectivity index (χ2v) is 3.95. The van der Waals surface area contributed by atoms with Gasteiger partial charge < -0.3 is 15.6 Å². The summed E-state index contributed by atoms with van der Waals surface area (Å²) >= 11 is 0. The van der Waals surface area contributed by atoms with Gasteiger partial charge in [-0.2, -0.15) is 0 Å². The van der Waals surface area contributed by atoms with E-state index >= 15 is 0 Å². The van der Waals surface area contributed by atoms with Crippen LogP contribution in [0.25, 0.3) is 0 Å². The molecular formula is C8H17NO2. The molecule has 1 aliphatic rings. The van der Waals surface area contributed by atoms with Gasteiger partial charge in [-0.25, -0.2) is 0 Å². The third kappa shape index (κ3) is 1.41. The highest BCUT2D eigenvalue weighted by molar-refractivity contribution is 4.97. The van der Waals surface area contributed by atoms with Crippen molar-refractivity contribution in [2.75, 3.05) is 19.8 Å². The van der Waals surface area contributed by atoms with E-state index in [0.717, 1.165) is 0 Å². The highest BCUT2D eigenvalue weighted by Crippen LogP contribution is 2.38. The van der Waals surface area contributed by atoms with E-state index < -0.39 is 5.60 Å². The predicted octanol–water partition coefficient (Wildman–Crippen LogP) is 0.123. The molecule has 0 radical (unpaired) electrons. The molecule has 3 nitrogen and oxygen atoms in total. The summed E-state index contributed by atoms with van der Waals surface area (Å²) in [5.74, 6) is 0. The summed E-state index contributed by atoms with van der Waals surface area (Å²) < 4.78 is 5.22. The zero-order chi connectivity index (χ0) is 8.54. The largest absolute Gasteiger partial charge is 0.387 e. The van der Waals surface area contributed by atoms with E-state index in [0.29, 0.717) is 26.2 Å². The van der Waals surface area contributed by atoms with Gasteiger partial charge in [-0.1, -0.05) is 13.8 Å². The van der Waals surface area contributed by atoms with Crippen LogP contribution < -0.4 is 5.73 Å². The molecule has 3 N–H and O–H groups in total. The molecule has 0 aromatic heterocycles. The maximum absolute atomic E-state index is 10.0. The van der Waals surface area contributed by atoms with E-state index in [1.807, 2.05) is 13.8 Å². The molecule has 0 aromatic rings. The van der Waals surface area contributed by atoms with E-state index in [1.165, 1.54) is 0 Å². The standard InChI is InChI=1S/C8H17NO2/c1-7(2)5-11-6-8(7,10)3-4-9/h10H,3-6,9H2,1-2H3. The molecule has 1 aliphatic heterocycles. The minimum absolute atomic E-state index is 0.146. The lowest BCUT2D eigenvalue weighted by molar-refractivity contribution is -0.0373. The average Bonchev–Trinajstić information content (AvgIpc) is 2.09. The third-order valence-electron chi connectivity index (χ3n) is 2.62. The van der Waals surface area contributed by atoms with Crippen LogP contribution in [-0.2, 0) is 4.74 Å². The number of nitrogens with two attached hydrogens (primary N) is 1. The van der Waals surface area contributed by atoms with Crippen LogP contribution in [-0.4, -0.2) is 30.5 Å². The van der Waals surface area contributed by atoms with Crippen molar-refractivity contribution < 1.29 is 9.84 Å². The molecule has 0 bridgehead atoms. The smallest absolute Gasteiger partial charge is 0.0964 e. The van der Waals surface area contributed by atoms with Gasteiger partial charge in [0.05, 0.1) is 18.8 Å². The topological polar surface area (TPSA) is 55.5 Å². The van der Waals surface area contributed by atoms with Gasteiger partial charge in [-0.15, -0.1) is 0 Å². The molecule has 0 aliphatic carbocycles. The Morgan fingerprint density at radius 2 is 2.09 bits per heavy atom. The van der Waals surface area contributed by atoms with Crippen molar-refractivity contribution >= 4 is 0 Å². The Balaban J connectivity index is 2.68.